The average Bonchev–Trinajstić information content (AvgIpc) is 3.75. The van der Waals surface area contributed by atoms with Crippen molar-refractivity contribution in [3.05, 3.63) is 142 Å². The number of rotatable bonds is 7. The van der Waals surface area contributed by atoms with Gasteiger partial charge < -0.3 is 24.0 Å². The molecule has 2 aliphatic heterocycles. The summed E-state index contributed by atoms with van der Waals surface area (Å²) in [5.74, 6) is -1.22. The molecular weight excluding hydrogens is 703 g/mol. The number of piperazine rings is 1. The van der Waals surface area contributed by atoms with Crippen LogP contribution in [0.2, 0.25) is 5.02 Å². The molecule has 1 saturated heterocycles. The van der Waals surface area contributed by atoms with E-state index in [1.807, 2.05) is 66.0 Å². The molecule has 0 bridgehead atoms. The maximum absolute atomic E-state index is 15.4. The van der Waals surface area contributed by atoms with Gasteiger partial charge in [0.05, 0.1) is 21.8 Å². The second-order valence-corrected chi connectivity index (χ2v) is 14.9. The van der Waals surface area contributed by atoms with Crippen molar-refractivity contribution in [3.8, 4) is 11.4 Å². The zero-order valence-electron chi connectivity index (χ0n) is 30.5. The van der Waals surface area contributed by atoms with Crippen molar-refractivity contribution in [1.82, 2.24) is 23.8 Å². The third-order valence-corrected chi connectivity index (χ3v) is 11.2. The number of halogens is 2. The van der Waals surface area contributed by atoms with Crippen molar-refractivity contribution in [2.45, 2.75) is 25.9 Å². The van der Waals surface area contributed by atoms with Crippen LogP contribution in [0.25, 0.3) is 16.6 Å². The van der Waals surface area contributed by atoms with E-state index in [4.69, 9.17) is 11.6 Å². The van der Waals surface area contributed by atoms with E-state index in [-0.39, 0.29) is 34.2 Å². The van der Waals surface area contributed by atoms with Gasteiger partial charge >= 0.3 is 0 Å². The number of amides is 2. The van der Waals surface area contributed by atoms with Crippen LogP contribution in [0.4, 0.5) is 15.8 Å². The Bertz CT molecular complexity index is 2380. The monoisotopic (exact) mass is 744 g/mol. The van der Waals surface area contributed by atoms with Crippen LogP contribution in [0.3, 0.4) is 0 Å². The standard InChI is InChI=1S/C43H42ClFN6O3/c1-28-20-32(42(53)51(33-8-11-36(52)12-9-33)34-10-13-40-30(22-34)14-15-47(40)3)26-49(28)41-24-38(44)39(45)23-37(41)43(54)50-25-31-7-5-4-6-29(31)21-35(50)27-48-18-16-46(2)17-19-48/h4-15,20,22-24,26,35,52H,16-19,21,25,27H2,1-3H3/t35-/m0/s1. The fraction of sp³-hybridized carbons (Fsp3) is 0.256. The summed E-state index contributed by atoms with van der Waals surface area (Å²) in [7, 11) is 4.09. The lowest BCUT2D eigenvalue weighted by atomic mass is 9.92. The number of benzene rings is 4. The molecule has 8 rings (SSSR count). The van der Waals surface area contributed by atoms with Crippen LogP contribution in [-0.4, -0.2) is 86.6 Å². The number of aryl methyl sites for hydroxylation is 2. The topological polar surface area (TPSA) is 77.2 Å². The summed E-state index contributed by atoms with van der Waals surface area (Å²) in [4.78, 5) is 37.6. The molecular formula is C43H42ClFN6O3. The van der Waals surface area contributed by atoms with Crippen molar-refractivity contribution in [1.29, 1.82) is 0 Å². The number of hydrogen-bond acceptors (Lipinski definition) is 5. The highest BCUT2D eigenvalue weighted by Crippen LogP contribution is 2.34. The van der Waals surface area contributed by atoms with Crippen LogP contribution in [0.15, 0.2) is 103 Å². The van der Waals surface area contributed by atoms with Gasteiger partial charge in [-0.1, -0.05) is 35.9 Å². The van der Waals surface area contributed by atoms with Gasteiger partial charge in [0.2, 0.25) is 0 Å². The van der Waals surface area contributed by atoms with E-state index in [0.717, 1.165) is 42.6 Å². The molecule has 0 spiro atoms. The molecule has 2 amide bonds. The van der Waals surface area contributed by atoms with E-state index in [9.17, 15) is 14.7 Å². The minimum absolute atomic E-state index is 0.0833. The summed E-state index contributed by atoms with van der Waals surface area (Å²) in [5.41, 5.74) is 6.10. The Hall–Kier alpha value is -5.42. The molecule has 2 aromatic heterocycles. The fourth-order valence-electron chi connectivity index (χ4n) is 7.85. The van der Waals surface area contributed by atoms with Crippen molar-refractivity contribution >= 4 is 45.7 Å². The Balaban J connectivity index is 1.17. The summed E-state index contributed by atoms with van der Waals surface area (Å²) >= 11 is 6.44. The number of nitrogens with zero attached hydrogens (tertiary/aromatic N) is 6. The molecule has 11 heteroatoms. The average molecular weight is 745 g/mol. The molecule has 2 aliphatic rings. The number of hydrogen-bond donors (Lipinski definition) is 1. The van der Waals surface area contributed by atoms with Gasteiger partial charge in [0.15, 0.2) is 0 Å². The minimum Gasteiger partial charge on any atom is -0.508 e. The molecule has 4 heterocycles. The lowest BCUT2D eigenvalue weighted by Crippen LogP contribution is -2.53. The highest BCUT2D eigenvalue weighted by molar-refractivity contribution is 6.31. The van der Waals surface area contributed by atoms with Gasteiger partial charge in [-0.2, -0.15) is 0 Å². The van der Waals surface area contributed by atoms with Crippen LogP contribution < -0.4 is 4.90 Å². The molecule has 0 aliphatic carbocycles. The molecule has 0 radical (unpaired) electrons. The lowest BCUT2D eigenvalue weighted by Gasteiger charge is -2.41. The Morgan fingerprint density at radius 2 is 1.61 bits per heavy atom. The van der Waals surface area contributed by atoms with Gasteiger partial charge in [0.25, 0.3) is 11.8 Å². The largest absolute Gasteiger partial charge is 0.508 e. The van der Waals surface area contributed by atoms with E-state index in [1.54, 1.807) is 46.0 Å². The second kappa shape index (κ2) is 14.4. The Morgan fingerprint density at radius 3 is 2.37 bits per heavy atom. The van der Waals surface area contributed by atoms with Crippen molar-refractivity contribution in [3.63, 3.8) is 0 Å². The Morgan fingerprint density at radius 1 is 0.889 bits per heavy atom. The van der Waals surface area contributed by atoms with Crippen molar-refractivity contribution in [2.75, 3.05) is 44.7 Å². The Kier molecular flexibility index (Phi) is 9.51. The summed E-state index contributed by atoms with van der Waals surface area (Å²) < 4.78 is 19.2. The van der Waals surface area contributed by atoms with Crippen LogP contribution >= 0.6 is 11.6 Å². The van der Waals surface area contributed by atoms with Gasteiger partial charge in [0.1, 0.15) is 11.6 Å². The van der Waals surface area contributed by atoms with Crippen LogP contribution in [0.1, 0.15) is 37.5 Å². The van der Waals surface area contributed by atoms with Gasteiger partial charge in [-0.05, 0) is 98.2 Å². The highest BCUT2D eigenvalue weighted by atomic mass is 35.5. The summed E-state index contributed by atoms with van der Waals surface area (Å²) in [6, 6.07) is 26.8. The van der Waals surface area contributed by atoms with E-state index >= 15 is 4.39 Å². The van der Waals surface area contributed by atoms with Crippen LogP contribution in [0, 0.1) is 12.7 Å². The first-order valence-corrected chi connectivity index (χ1v) is 18.6. The molecule has 0 saturated carbocycles. The maximum atomic E-state index is 15.4. The summed E-state index contributed by atoms with van der Waals surface area (Å²) in [6.45, 7) is 6.71. The van der Waals surface area contributed by atoms with E-state index in [1.165, 1.54) is 17.7 Å². The first-order valence-electron chi connectivity index (χ1n) is 18.2. The number of likely N-dealkylation sites (N-methyl/N-ethyl adjacent to an activating group) is 1. The minimum atomic E-state index is -0.687. The smallest absolute Gasteiger partial charge is 0.264 e. The zero-order chi connectivity index (χ0) is 37.7. The fourth-order valence-corrected chi connectivity index (χ4v) is 8.01. The van der Waals surface area contributed by atoms with Crippen LogP contribution in [-0.2, 0) is 20.0 Å². The van der Waals surface area contributed by atoms with E-state index in [2.05, 4.69) is 29.0 Å². The highest BCUT2D eigenvalue weighted by Gasteiger charge is 2.34. The van der Waals surface area contributed by atoms with Gasteiger partial charge in [-0.25, -0.2) is 4.39 Å². The third kappa shape index (κ3) is 6.77. The van der Waals surface area contributed by atoms with Gasteiger partial charge in [-0.3, -0.25) is 19.4 Å². The number of aromatic nitrogens is 2. The zero-order valence-corrected chi connectivity index (χ0v) is 31.3. The third-order valence-electron chi connectivity index (χ3n) is 10.9. The van der Waals surface area contributed by atoms with Crippen LogP contribution in [0.5, 0.6) is 5.75 Å². The number of aromatic hydroxyl groups is 1. The van der Waals surface area contributed by atoms with E-state index < -0.39 is 5.82 Å². The quantitative estimate of drug-likeness (QED) is 0.183. The molecule has 276 valence electrons. The van der Waals surface area contributed by atoms with Gasteiger partial charge in [-0.15, -0.1) is 0 Å². The molecule has 0 unspecified atom stereocenters. The van der Waals surface area contributed by atoms with Gasteiger partial charge in [0, 0.05) is 92.7 Å². The molecule has 9 nitrogen and oxygen atoms in total. The molecule has 4 aromatic carbocycles. The molecule has 1 N–H and O–H groups in total. The van der Waals surface area contributed by atoms with E-state index in [0.29, 0.717) is 47.8 Å². The molecule has 54 heavy (non-hydrogen) atoms. The molecule has 1 fully saturated rings. The van der Waals surface area contributed by atoms with Crippen molar-refractivity contribution in [2.24, 2.45) is 7.05 Å². The van der Waals surface area contributed by atoms with Crippen molar-refractivity contribution < 1.29 is 19.1 Å². The number of carbonyl (C=O) groups is 2. The molecule has 1 atom stereocenters. The number of phenolic OH excluding ortho intramolecular Hbond substituents is 1. The second-order valence-electron chi connectivity index (χ2n) is 14.5. The number of phenols is 1. The first-order chi connectivity index (χ1) is 26.0. The normalized spacial score (nSPS) is 16.5. The predicted octanol–water partition coefficient (Wildman–Crippen LogP) is 7.57. The number of fused-ring (bicyclic) bond motifs is 2. The first kappa shape index (κ1) is 35.6. The molecule has 6 aromatic rings. The summed E-state index contributed by atoms with van der Waals surface area (Å²) in [5, 5.41) is 10.9. The maximum Gasteiger partial charge on any atom is 0.264 e. The SMILES string of the molecule is Cc1cc(C(=O)N(c2ccc(O)cc2)c2ccc3c(ccn3C)c2)cn1-c1cc(Cl)c(F)cc1C(=O)N1Cc2ccccc2C[C@H]1CN1CCN(C)CC1. The predicted molar refractivity (Wildman–Crippen MR) is 211 cm³/mol. The Labute approximate surface area is 319 Å². The lowest BCUT2D eigenvalue weighted by molar-refractivity contribution is 0.0535. The number of carbonyl (C=O) groups excluding carboxylic acids is 2. The number of anilines is 2. The summed E-state index contributed by atoms with van der Waals surface area (Å²) in [6.07, 6.45) is 4.34.